The molecule has 2 aromatic carbocycles. The van der Waals surface area contributed by atoms with Crippen LogP contribution >= 0.6 is 0 Å². The Labute approximate surface area is 154 Å². The van der Waals surface area contributed by atoms with E-state index >= 15 is 0 Å². The number of amides is 1. The van der Waals surface area contributed by atoms with Crippen LogP contribution < -0.4 is 10.2 Å². The Kier molecular flexibility index (Phi) is 5.38. The lowest BCUT2D eigenvalue weighted by atomic mass is 10.0. The molecule has 0 spiro atoms. The number of fused-ring (bicyclic) bond motifs is 1. The molecule has 4 nitrogen and oxygen atoms in total. The molecule has 4 heteroatoms. The van der Waals surface area contributed by atoms with Crippen LogP contribution in [-0.4, -0.2) is 12.5 Å². The van der Waals surface area contributed by atoms with Crippen molar-refractivity contribution >= 4 is 17.3 Å². The molecule has 1 heterocycles. The van der Waals surface area contributed by atoms with Gasteiger partial charge in [-0.05, 0) is 48.9 Å². The van der Waals surface area contributed by atoms with Crippen LogP contribution in [0.15, 0.2) is 54.2 Å². The molecule has 0 unspecified atom stereocenters. The van der Waals surface area contributed by atoms with Crippen molar-refractivity contribution in [2.75, 3.05) is 16.8 Å². The number of nitrogens with one attached hydrogen (secondary N) is 1. The Bertz CT molecular complexity index is 893. The van der Waals surface area contributed by atoms with Gasteiger partial charge in [0.15, 0.2) is 0 Å². The molecule has 0 radical (unpaired) electrons. The third kappa shape index (κ3) is 3.62. The normalized spacial score (nSPS) is 13.7. The van der Waals surface area contributed by atoms with Crippen molar-refractivity contribution in [3.63, 3.8) is 0 Å². The Morgan fingerprint density at radius 1 is 1.27 bits per heavy atom. The number of carbonyl (C=O) groups excluding carboxylic acids is 1. The van der Waals surface area contributed by atoms with Crippen molar-refractivity contribution in [1.29, 1.82) is 5.26 Å². The maximum Gasteiger partial charge on any atom is 0.267 e. The van der Waals surface area contributed by atoms with Crippen molar-refractivity contribution in [3.8, 4) is 6.07 Å². The van der Waals surface area contributed by atoms with Gasteiger partial charge in [0, 0.05) is 24.1 Å². The summed E-state index contributed by atoms with van der Waals surface area (Å²) in [6.07, 6.45) is 4.53. The topological polar surface area (TPSA) is 56.1 Å². The summed E-state index contributed by atoms with van der Waals surface area (Å²) >= 11 is 0. The molecule has 2 aromatic rings. The van der Waals surface area contributed by atoms with Crippen LogP contribution in [0, 0.1) is 18.3 Å². The first-order chi connectivity index (χ1) is 12.6. The Balaban J connectivity index is 1.87. The lowest BCUT2D eigenvalue weighted by Crippen LogP contribution is -2.26. The molecule has 1 amide bonds. The lowest BCUT2D eigenvalue weighted by molar-refractivity contribution is -0.112. The van der Waals surface area contributed by atoms with Gasteiger partial charge in [0.1, 0.15) is 11.6 Å². The summed E-state index contributed by atoms with van der Waals surface area (Å²) in [6, 6.07) is 16.2. The summed E-state index contributed by atoms with van der Waals surface area (Å²) in [5, 5.41) is 12.5. The molecule has 0 saturated heterocycles. The first kappa shape index (κ1) is 17.8. The van der Waals surface area contributed by atoms with Gasteiger partial charge in [-0.25, -0.2) is 0 Å². The zero-order valence-electron chi connectivity index (χ0n) is 15.2. The lowest BCUT2D eigenvalue weighted by Gasteiger charge is -2.28. The minimum atomic E-state index is -0.362. The predicted octanol–water partition coefficient (Wildman–Crippen LogP) is 4.36. The minimum Gasteiger partial charge on any atom is -0.346 e. The average molecular weight is 345 g/mol. The number of hydrogen-bond acceptors (Lipinski definition) is 3. The number of rotatable bonds is 4. The molecule has 26 heavy (non-hydrogen) atoms. The monoisotopic (exact) mass is 345 g/mol. The van der Waals surface area contributed by atoms with E-state index < -0.39 is 0 Å². The second kappa shape index (κ2) is 7.88. The van der Waals surface area contributed by atoms with Gasteiger partial charge in [-0.3, -0.25) is 4.79 Å². The first-order valence-electron chi connectivity index (χ1n) is 9.00. The summed E-state index contributed by atoms with van der Waals surface area (Å²) in [5.41, 5.74) is 5.31. The Morgan fingerprint density at radius 2 is 2.08 bits per heavy atom. The van der Waals surface area contributed by atoms with E-state index in [1.807, 2.05) is 48.2 Å². The number of nitriles is 1. The first-order valence-corrected chi connectivity index (χ1v) is 9.00. The molecular formula is C22H23N3O. The van der Waals surface area contributed by atoms with E-state index in [4.69, 9.17) is 0 Å². The van der Waals surface area contributed by atoms with Crippen LogP contribution in [0.2, 0.25) is 0 Å². The van der Waals surface area contributed by atoms with E-state index in [0.717, 1.165) is 48.3 Å². The van der Waals surface area contributed by atoms with Gasteiger partial charge in [-0.15, -0.1) is 0 Å². The fourth-order valence-corrected chi connectivity index (χ4v) is 3.37. The second-order valence-corrected chi connectivity index (χ2v) is 6.50. The molecule has 0 bridgehead atoms. The Hall–Kier alpha value is -3.06. The number of carbonyl (C=O) groups is 1. The summed E-state index contributed by atoms with van der Waals surface area (Å²) < 4.78 is 0. The number of benzene rings is 2. The number of aryl methyl sites for hydroxylation is 3. The van der Waals surface area contributed by atoms with Crippen molar-refractivity contribution < 1.29 is 4.79 Å². The van der Waals surface area contributed by atoms with E-state index in [-0.39, 0.29) is 11.5 Å². The SMILES string of the molecule is CCc1cccc(C)c1NC(=O)/C(C#N)=C\N1CCCc2ccccc21. The largest absolute Gasteiger partial charge is 0.346 e. The summed E-state index contributed by atoms with van der Waals surface area (Å²) in [6.45, 7) is 4.82. The van der Waals surface area contributed by atoms with Crippen LogP contribution in [0.5, 0.6) is 0 Å². The van der Waals surface area contributed by atoms with E-state index in [2.05, 4.69) is 24.4 Å². The summed E-state index contributed by atoms with van der Waals surface area (Å²) in [7, 11) is 0. The van der Waals surface area contributed by atoms with E-state index in [9.17, 15) is 10.1 Å². The standard InChI is InChI=1S/C22H23N3O/c1-3-17-10-6-8-16(2)21(17)24-22(26)19(14-23)15-25-13-7-11-18-9-4-5-12-20(18)25/h4-6,8-10,12,15H,3,7,11,13H2,1-2H3,(H,24,26)/b19-15-. The molecule has 0 aliphatic carbocycles. The molecule has 0 fully saturated rings. The van der Waals surface area contributed by atoms with Crippen molar-refractivity contribution in [3.05, 3.63) is 70.9 Å². The maximum absolute atomic E-state index is 12.7. The van der Waals surface area contributed by atoms with Crippen molar-refractivity contribution in [2.24, 2.45) is 0 Å². The number of para-hydroxylation sites is 2. The molecule has 1 aliphatic heterocycles. The fourth-order valence-electron chi connectivity index (χ4n) is 3.37. The highest BCUT2D eigenvalue weighted by Crippen LogP contribution is 2.28. The molecule has 0 saturated carbocycles. The van der Waals surface area contributed by atoms with E-state index in [1.165, 1.54) is 5.56 Å². The Morgan fingerprint density at radius 3 is 2.85 bits per heavy atom. The van der Waals surface area contributed by atoms with E-state index in [0.29, 0.717) is 0 Å². The predicted molar refractivity (Wildman–Crippen MR) is 105 cm³/mol. The minimum absolute atomic E-state index is 0.118. The molecule has 3 rings (SSSR count). The van der Waals surface area contributed by atoms with Gasteiger partial charge >= 0.3 is 0 Å². The van der Waals surface area contributed by atoms with Gasteiger partial charge < -0.3 is 10.2 Å². The highest BCUT2D eigenvalue weighted by atomic mass is 16.1. The third-order valence-electron chi connectivity index (χ3n) is 4.77. The quantitative estimate of drug-likeness (QED) is 0.662. The van der Waals surface area contributed by atoms with Crippen LogP contribution in [0.3, 0.4) is 0 Å². The van der Waals surface area contributed by atoms with Crippen molar-refractivity contribution in [2.45, 2.75) is 33.1 Å². The van der Waals surface area contributed by atoms with Gasteiger partial charge in [0.25, 0.3) is 5.91 Å². The number of hydrogen-bond donors (Lipinski definition) is 1. The van der Waals surface area contributed by atoms with Crippen LogP contribution in [0.1, 0.15) is 30.0 Å². The smallest absolute Gasteiger partial charge is 0.267 e. The van der Waals surface area contributed by atoms with Crippen LogP contribution in [0.4, 0.5) is 11.4 Å². The highest BCUT2D eigenvalue weighted by Gasteiger charge is 2.18. The molecule has 0 aromatic heterocycles. The number of nitrogens with zero attached hydrogens (tertiary/aromatic N) is 2. The third-order valence-corrected chi connectivity index (χ3v) is 4.77. The second-order valence-electron chi connectivity index (χ2n) is 6.50. The molecule has 1 aliphatic rings. The zero-order valence-corrected chi connectivity index (χ0v) is 15.2. The van der Waals surface area contributed by atoms with Crippen molar-refractivity contribution in [1.82, 2.24) is 0 Å². The van der Waals surface area contributed by atoms with Crippen LogP contribution in [0.25, 0.3) is 0 Å². The van der Waals surface area contributed by atoms with Crippen LogP contribution in [-0.2, 0) is 17.6 Å². The number of anilines is 2. The zero-order chi connectivity index (χ0) is 18.5. The van der Waals surface area contributed by atoms with Gasteiger partial charge in [0.2, 0.25) is 0 Å². The fraction of sp³-hybridized carbons (Fsp3) is 0.273. The molecule has 132 valence electrons. The molecule has 1 N–H and O–H groups in total. The summed E-state index contributed by atoms with van der Waals surface area (Å²) in [5.74, 6) is -0.362. The summed E-state index contributed by atoms with van der Waals surface area (Å²) in [4.78, 5) is 14.7. The molecule has 0 atom stereocenters. The van der Waals surface area contributed by atoms with Gasteiger partial charge in [-0.2, -0.15) is 5.26 Å². The molecular weight excluding hydrogens is 322 g/mol. The average Bonchev–Trinajstić information content (AvgIpc) is 2.67. The van der Waals surface area contributed by atoms with Gasteiger partial charge in [-0.1, -0.05) is 43.3 Å². The maximum atomic E-state index is 12.7. The van der Waals surface area contributed by atoms with E-state index in [1.54, 1.807) is 6.20 Å². The van der Waals surface area contributed by atoms with Gasteiger partial charge in [0.05, 0.1) is 0 Å². The highest BCUT2D eigenvalue weighted by molar-refractivity contribution is 6.07.